The number of allylic oxidation sites excluding steroid dienone is 1. The molecule has 0 aliphatic rings. The van der Waals surface area contributed by atoms with Crippen molar-refractivity contribution in [1.29, 1.82) is 0 Å². The van der Waals surface area contributed by atoms with Crippen LogP contribution in [0.3, 0.4) is 0 Å². The lowest BCUT2D eigenvalue weighted by molar-refractivity contribution is -0.384. The van der Waals surface area contributed by atoms with Crippen LogP contribution in [0, 0.1) is 10.1 Å². The maximum Gasteiger partial charge on any atom is 0.335 e. The fraction of sp³-hybridized carbons (Fsp3) is 0.167. The van der Waals surface area contributed by atoms with Crippen LogP contribution in [0.15, 0.2) is 30.9 Å². The number of carbonyl (C=O) groups is 2. The quantitative estimate of drug-likeness (QED) is 0.465. The van der Waals surface area contributed by atoms with Gasteiger partial charge in [0, 0.05) is 12.5 Å². The number of amides is 1. The van der Waals surface area contributed by atoms with Gasteiger partial charge in [0.1, 0.15) is 5.69 Å². The molecule has 7 heteroatoms. The highest BCUT2D eigenvalue weighted by atomic mass is 16.6. The molecule has 0 saturated heterocycles. The largest absolute Gasteiger partial charge is 0.478 e. The summed E-state index contributed by atoms with van der Waals surface area (Å²) in [5.41, 5.74) is -0.688. The summed E-state index contributed by atoms with van der Waals surface area (Å²) in [5.74, 6) is -1.67. The van der Waals surface area contributed by atoms with Crippen LogP contribution in [-0.2, 0) is 4.79 Å². The molecule has 1 aromatic rings. The monoisotopic (exact) mass is 264 g/mol. The second-order valence-corrected chi connectivity index (χ2v) is 3.67. The first kappa shape index (κ1) is 14.4. The molecule has 1 rings (SSSR count). The van der Waals surface area contributed by atoms with Crippen LogP contribution in [0.2, 0.25) is 0 Å². The number of carboxylic acid groups (broad SMARTS) is 1. The predicted octanol–water partition coefficient (Wildman–Crippen LogP) is 2.20. The second-order valence-electron chi connectivity index (χ2n) is 3.67. The summed E-state index contributed by atoms with van der Waals surface area (Å²) in [5, 5.41) is 22.0. The fourth-order valence-electron chi connectivity index (χ4n) is 1.37. The van der Waals surface area contributed by atoms with Gasteiger partial charge < -0.3 is 10.4 Å². The SMILES string of the molecule is C=CCCC(=O)Nc1ccc(C(=O)O)cc1[N+](=O)[O-]. The van der Waals surface area contributed by atoms with Gasteiger partial charge in [0.25, 0.3) is 5.69 Å². The van der Waals surface area contributed by atoms with Gasteiger partial charge in [0.2, 0.25) is 5.91 Å². The van der Waals surface area contributed by atoms with Gasteiger partial charge >= 0.3 is 5.97 Å². The van der Waals surface area contributed by atoms with Crippen molar-refractivity contribution in [3.8, 4) is 0 Å². The van der Waals surface area contributed by atoms with Gasteiger partial charge in [-0.25, -0.2) is 4.79 Å². The number of nitrogens with zero attached hydrogens (tertiary/aromatic N) is 1. The highest BCUT2D eigenvalue weighted by molar-refractivity contribution is 5.95. The normalized spacial score (nSPS) is 9.68. The molecular formula is C12H12N2O5. The molecule has 0 aromatic heterocycles. The summed E-state index contributed by atoms with van der Waals surface area (Å²) in [4.78, 5) is 32.3. The Kier molecular flexibility index (Phi) is 4.76. The van der Waals surface area contributed by atoms with E-state index in [4.69, 9.17) is 5.11 Å². The van der Waals surface area contributed by atoms with E-state index in [2.05, 4.69) is 11.9 Å². The molecule has 0 radical (unpaired) electrons. The number of anilines is 1. The number of nitro groups is 1. The molecule has 2 N–H and O–H groups in total. The Morgan fingerprint density at radius 2 is 2.16 bits per heavy atom. The number of nitrogens with one attached hydrogen (secondary N) is 1. The molecule has 100 valence electrons. The smallest absolute Gasteiger partial charge is 0.335 e. The summed E-state index contributed by atoms with van der Waals surface area (Å²) in [6.07, 6.45) is 2.16. The van der Waals surface area contributed by atoms with E-state index in [1.54, 1.807) is 6.08 Å². The summed E-state index contributed by atoms with van der Waals surface area (Å²) in [7, 11) is 0. The second kappa shape index (κ2) is 6.29. The number of nitro benzene ring substituents is 1. The van der Waals surface area contributed by atoms with Crippen LogP contribution in [-0.4, -0.2) is 21.9 Å². The summed E-state index contributed by atoms with van der Waals surface area (Å²) >= 11 is 0. The Morgan fingerprint density at radius 1 is 1.47 bits per heavy atom. The van der Waals surface area contributed by atoms with Crippen molar-refractivity contribution in [2.45, 2.75) is 12.8 Å². The van der Waals surface area contributed by atoms with Crippen LogP contribution >= 0.6 is 0 Å². The number of rotatable bonds is 6. The van der Waals surface area contributed by atoms with E-state index >= 15 is 0 Å². The summed E-state index contributed by atoms with van der Waals surface area (Å²) in [6.45, 7) is 3.46. The zero-order valence-electron chi connectivity index (χ0n) is 9.96. The van der Waals surface area contributed by atoms with Crippen molar-refractivity contribution in [3.63, 3.8) is 0 Å². The minimum atomic E-state index is -1.27. The molecular weight excluding hydrogens is 252 g/mol. The lowest BCUT2D eigenvalue weighted by Gasteiger charge is -2.06. The first-order valence-electron chi connectivity index (χ1n) is 5.38. The van der Waals surface area contributed by atoms with E-state index in [9.17, 15) is 19.7 Å². The molecule has 7 nitrogen and oxygen atoms in total. The van der Waals surface area contributed by atoms with E-state index in [1.807, 2.05) is 0 Å². The topological polar surface area (TPSA) is 110 Å². The Bertz CT molecular complexity index is 539. The van der Waals surface area contributed by atoms with Gasteiger partial charge in [-0.05, 0) is 18.6 Å². The number of hydrogen-bond donors (Lipinski definition) is 2. The minimum Gasteiger partial charge on any atom is -0.478 e. The third-order valence-corrected chi connectivity index (χ3v) is 2.29. The molecule has 0 aliphatic heterocycles. The Hall–Kier alpha value is -2.70. The van der Waals surface area contributed by atoms with Gasteiger partial charge in [-0.1, -0.05) is 6.08 Å². The van der Waals surface area contributed by atoms with Crippen molar-refractivity contribution in [3.05, 3.63) is 46.5 Å². The van der Waals surface area contributed by atoms with Gasteiger partial charge in [-0.2, -0.15) is 0 Å². The number of benzene rings is 1. The van der Waals surface area contributed by atoms with Gasteiger partial charge in [-0.15, -0.1) is 6.58 Å². The third-order valence-electron chi connectivity index (χ3n) is 2.29. The zero-order valence-corrected chi connectivity index (χ0v) is 9.96. The zero-order chi connectivity index (χ0) is 14.4. The number of aromatic carboxylic acids is 1. The predicted molar refractivity (Wildman–Crippen MR) is 68.1 cm³/mol. The van der Waals surface area contributed by atoms with Crippen LogP contribution in [0.25, 0.3) is 0 Å². The molecule has 1 amide bonds. The highest BCUT2D eigenvalue weighted by Gasteiger charge is 2.18. The minimum absolute atomic E-state index is 0.0240. The van der Waals surface area contributed by atoms with Crippen LogP contribution < -0.4 is 5.32 Å². The number of carbonyl (C=O) groups excluding carboxylic acids is 1. The Morgan fingerprint density at radius 3 is 2.68 bits per heavy atom. The van der Waals surface area contributed by atoms with Crippen LogP contribution in [0.1, 0.15) is 23.2 Å². The Labute approximate surface area is 108 Å². The van der Waals surface area contributed by atoms with Crippen molar-refractivity contribution in [2.24, 2.45) is 0 Å². The molecule has 0 unspecified atom stereocenters. The molecule has 0 aliphatic carbocycles. The summed E-state index contributed by atoms with van der Waals surface area (Å²) < 4.78 is 0. The fourth-order valence-corrected chi connectivity index (χ4v) is 1.37. The van der Waals surface area contributed by atoms with Gasteiger partial charge in [0.15, 0.2) is 0 Å². The van der Waals surface area contributed by atoms with Crippen molar-refractivity contribution in [2.75, 3.05) is 5.32 Å². The maximum absolute atomic E-state index is 11.5. The standard InChI is InChI=1S/C12H12N2O5/c1-2-3-4-11(15)13-9-6-5-8(12(16)17)7-10(9)14(18)19/h2,5-7H,1,3-4H2,(H,13,15)(H,16,17). The molecule has 0 saturated carbocycles. The van der Waals surface area contributed by atoms with E-state index in [1.165, 1.54) is 12.1 Å². The van der Waals surface area contributed by atoms with Crippen molar-refractivity contribution in [1.82, 2.24) is 0 Å². The molecule has 0 fully saturated rings. The highest BCUT2D eigenvalue weighted by Crippen LogP contribution is 2.25. The van der Waals surface area contributed by atoms with E-state index in [0.717, 1.165) is 6.07 Å². The third kappa shape index (κ3) is 3.91. The van der Waals surface area contributed by atoms with Crippen LogP contribution in [0.4, 0.5) is 11.4 Å². The lowest BCUT2D eigenvalue weighted by Crippen LogP contribution is -2.12. The number of carboxylic acids is 1. The summed E-state index contributed by atoms with van der Waals surface area (Å²) in [6, 6.07) is 3.30. The van der Waals surface area contributed by atoms with E-state index in [0.29, 0.717) is 6.42 Å². The van der Waals surface area contributed by atoms with Crippen molar-refractivity contribution >= 4 is 23.3 Å². The van der Waals surface area contributed by atoms with Crippen LogP contribution in [0.5, 0.6) is 0 Å². The van der Waals surface area contributed by atoms with E-state index < -0.39 is 22.5 Å². The first-order chi connectivity index (χ1) is 8.95. The molecule has 1 aromatic carbocycles. The Balaban J connectivity index is 3.00. The molecule has 19 heavy (non-hydrogen) atoms. The maximum atomic E-state index is 11.5. The van der Waals surface area contributed by atoms with Gasteiger partial charge in [0.05, 0.1) is 10.5 Å². The molecule has 0 heterocycles. The number of hydrogen-bond acceptors (Lipinski definition) is 4. The van der Waals surface area contributed by atoms with Gasteiger partial charge in [-0.3, -0.25) is 14.9 Å². The molecule has 0 bridgehead atoms. The average molecular weight is 264 g/mol. The van der Waals surface area contributed by atoms with Crippen molar-refractivity contribution < 1.29 is 19.6 Å². The molecule has 0 spiro atoms. The first-order valence-corrected chi connectivity index (χ1v) is 5.38. The average Bonchev–Trinajstić information content (AvgIpc) is 2.36. The molecule has 0 atom stereocenters. The lowest BCUT2D eigenvalue weighted by atomic mass is 10.1. The van der Waals surface area contributed by atoms with E-state index in [-0.39, 0.29) is 17.7 Å².